The minimum Gasteiger partial charge on any atom is -0.454 e. The fourth-order valence-corrected chi connectivity index (χ4v) is 7.05. The summed E-state index contributed by atoms with van der Waals surface area (Å²) in [5, 5.41) is 1.38. The number of carbonyl (C=O) groups is 1. The molecule has 0 radical (unpaired) electrons. The summed E-state index contributed by atoms with van der Waals surface area (Å²) in [4.78, 5) is 33.5. The number of unbranched alkanes of at least 4 members (excludes halogenated alkanes) is 1. The van der Waals surface area contributed by atoms with Crippen molar-refractivity contribution in [1.29, 1.82) is 0 Å². The summed E-state index contributed by atoms with van der Waals surface area (Å²) in [6.45, 7) is 5.66. The minimum atomic E-state index is -0.552. The zero-order chi connectivity index (χ0) is 18.7. The molecule has 5 nitrogen and oxygen atoms in total. The summed E-state index contributed by atoms with van der Waals surface area (Å²) in [7, 11) is 3.92. The van der Waals surface area contributed by atoms with Gasteiger partial charge in [-0.15, -0.1) is 11.3 Å². The molecule has 1 fully saturated rings. The molecule has 1 aliphatic rings. The number of nitrogens with one attached hydrogen (secondary N) is 1. The van der Waals surface area contributed by atoms with Gasteiger partial charge in [-0.25, -0.2) is 4.98 Å². The molecule has 3 rings (SSSR count). The van der Waals surface area contributed by atoms with Gasteiger partial charge < -0.3 is 9.72 Å². The molecule has 26 heavy (non-hydrogen) atoms. The predicted octanol–water partition coefficient (Wildman–Crippen LogP) is 4.92. The highest BCUT2D eigenvalue weighted by Gasteiger charge is 2.19. The third-order valence-corrected chi connectivity index (χ3v) is 8.74. The number of aromatic nitrogens is 2. The van der Waals surface area contributed by atoms with Crippen molar-refractivity contribution in [2.75, 3.05) is 5.75 Å². The molecule has 1 N–H and O–H groups in total. The molecule has 0 unspecified atom stereocenters. The lowest BCUT2D eigenvalue weighted by molar-refractivity contribution is -0.149. The molecule has 0 amide bonds. The van der Waals surface area contributed by atoms with Crippen LogP contribution in [0.5, 0.6) is 0 Å². The van der Waals surface area contributed by atoms with Crippen LogP contribution in [0.25, 0.3) is 10.2 Å². The number of carbonyl (C=O) groups excluding carboxylic acids is 1. The molecule has 0 aliphatic carbocycles. The van der Waals surface area contributed by atoms with Crippen LogP contribution in [0.15, 0.2) is 4.79 Å². The standard InChI is InChI=1S/C18H24N2O3S3/c1-10-12(3)25-18-15(10)17(22)19-16(20-18)11(2)23-14(21)7-5-4-6-13-8-9-24-26-13/h11,13H,4-9H2,1-3H3,(H,19,20,22)/t11-,13+/m0/s1. The first-order chi connectivity index (χ1) is 12.5. The maximum atomic E-state index is 12.3. The van der Waals surface area contributed by atoms with Crippen LogP contribution in [0.3, 0.4) is 0 Å². The number of hydrogen-bond donors (Lipinski definition) is 1. The molecule has 3 heterocycles. The van der Waals surface area contributed by atoms with Crippen LogP contribution in [0, 0.1) is 13.8 Å². The van der Waals surface area contributed by atoms with Crippen LogP contribution in [-0.4, -0.2) is 26.9 Å². The van der Waals surface area contributed by atoms with E-state index in [4.69, 9.17) is 4.74 Å². The Balaban J connectivity index is 1.53. The lowest BCUT2D eigenvalue weighted by Gasteiger charge is -2.13. The molecular weight excluding hydrogens is 388 g/mol. The van der Waals surface area contributed by atoms with Crippen LogP contribution >= 0.6 is 32.9 Å². The summed E-state index contributed by atoms with van der Waals surface area (Å²) in [6, 6.07) is 0. The fraction of sp³-hybridized carbons (Fsp3) is 0.611. The number of H-pyrrole nitrogens is 1. The highest BCUT2D eigenvalue weighted by Crippen LogP contribution is 2.39. The van der Waals surface area contributed by atoms with Crippen LogP contribution < -0.4 is 5.56 Å². The number of esters is 1. The molecule has 2 atom stereocenters. The molecule has 142 valence electrons. The summed E-state index contributed by atoms with van der Waals surface area (Å²) < 4.78 is 5.47. The zero-order valence-corrected chi connectivity index (χ0v) is 17.7. The Kier molecular flexibility index (Phi) is 6.69. The SMILES string of the molecule is Cc1sc2nc([C@H](C)OC(=O)CCCC[C@@H]3CCSS3)[nH]c(=O)c2c1C. The number of ether oxygens (including phenoxy) is 1. The van der Waals surface area contributed by atoms with Crippen molar-refractivity contribution in [2.24, 2.45) is 0 Å². The van der Waals surface area contributed by atoms with E-state index in [-0.39, 0.29) is 11.5 Å². The molecular formula is C18H24N2O3S3. The van der Waals surface area contributed by atoms with Gasteiger partial charge in [-0.3, -0.25) is 9.59 Å². The molecule has 2 aromatic heterocycles. The Bertz CT molecular complexity index is 840. The van der Waals surface area contributed by atoms with Gasteiger partial charge in [-0.2, -0.15) is 0 Å². The highest BCUT2D eigenvalue weighted by molar-refractivity contribution is 8.77. The summed E-state index contributed by atoms with van der Waals surface area (Å²) in [5.74, 6) is 1.43. The van der Waals surface area contributed by atoms with Gasteiger partial charge in [0, 0.05) is 22.3 Å². The fourth-order valence-electron chi connectivity index (χ4n) is 2.98. The minimum absolute atomic E-state index is 0.165. The van der Waals surface area contributed by atoms with Gasteiger partial charge in [-0.05, 0) is 45.6 Å². The quantitative estimate of drug-likeness (QED) is 0.395. The second kappa shape index (κ2) is 8.80. The summed E-state index contributed by atoms with van der Waals surface area (Å²) in [5.41, 5.74) is 0.801. The Morgan fingerprint density at radius 1 is 1.38 bits per heavy atom. The maximum Gasteiger partial charge on any atom is 0.306 e. The van der Waals surface area contributed by atoms with Crippen LogP contribution in [0.4, 0.5) is 0 Å². The normalized spacial score (nSPS) is 18.3. The van der Waals surface area contributed by atoms with Gasteiger partial charge in [0.05, 0.1) is 5.39 Å². The Morgan fingerprint density at radius 2 is 2.19 bits per heavy atom. The van der Waals surface area contributed by atoms with Crippen molar-refractivity contribution in [3.63, 3.8) is 0 Å². The van der Waals surface area contributed by atoms with Gasteiger partial charge in [-0.1, -0.05) is 28.0 Å². The van der Waals surface area contributed by atoms with Crippen molar-refractivity contribution < 1.29 is 9.53 Å². The van der Waals surface area contributed by atoms with E-state index in [1.54, 1.807) is 6.92 Å². The van der Waals surface area contributed by atoms with E-state index in [1.807, 2.05) is 35.4 Å². The number of aryl methyl sites for hydroxylation is 2. The average molecular weight is 413 g/mol. The van der Waals surface area contributed by atoms with Crippen molar-refractivity contribution in [2.45, 2.75) is 64.2 Å². The molecule has 0 saturated carbocycles. The number of nitrogens with zero attached hydrogens (tertiary/aromatic N) is 1. The van der Waals surface area contributed by atoms with Crippen molar-refractivity contribution in [3.05, 3.63) is 26.6 Å². The van der Waals surface area contributed by atoms with Gasteiger partial charge in [0.25, 0.3) is 5.56 Å². The second-order valence-corrected chi connectivity index (χ2v) is 10.6. The lowest BCUT2D eigenvalue weighted by Crippen LogP contribution is -2.17. The van der Waals surface area contributed by atoms with Gasteiger partial charge >= 0.3 is 5.97 Å². The molecule has 8 heteroatoms. The topological polar surface area (TPSA) is 72.0 Å². The van der Waals surface area contributed by atoms with Crippen molar-refractivity contribution >= 4 is 49.1 Å². The Labute approximate surface area is 165 Å². The first-order valence-corrected chi connectivity index (χ1v) is 12.1. The highest BCUT2D eigenvalue weighted by atomic mass is 33.1. The number of hydrogen-bond acceptors (Lipinski definition) is 7. The third-order valence-electron chi connectivity index (χ3n) is 4.63. The van der Waals surface area contributed by atoms with E-state index in [0.717, 1.165) is 28.5 Å². The molecule has 2 aromatic rings. The maximum absolute atomic E-state index is 12.3. The number of aromatic amines is 1. The van der Waals surface area contributed by atoms with Crippen molar-refractivity contribution in [1.82, 2.24) is 9.97 Å². The van der Waals surface area contributed by atoms with Gasteiger partial charge in [0.15, 0.2) is 11.9 Å². The summed E-state index contributed by atoms with van der Waals surface area (Å²) in [6.07, 6.45) is 4.21. The van der Waals surface area contributed by atoms with E-state index < -0.39 is 6.10 Å². The van der Waals surface area contributed by atoms with Crippen LogP contribution in [-0.2, 0) is 9.53 Å². The largest absolute Gasteiger partial charge is 0.454 e. The first-order valence-electron chi connectivity index (χ1n) is 8.93. The van der Waals surface area contributed by atoms with E-state index in [2.05, 4.69) is 9.97 Å². The summed E-state index contributed by atoms with van der Waals surface area (Å²) >= 11 is 1.50. The third kappa shape index (κ3) is 4.64. The van der Waals surface area contributed by atoms with Gasteiger partial charge in [0.1, 0.15) is 4.83 Å². The monoisotopic (exact) mass is 412 g/mol. The van der Waals surface area contributed by atoms with E-state index in [1.165, 1.54) is 29.9 Å². The van der Waals surface area contributed by atoms with E-state index in [0.29, 0.717) is 22.5 Å². The zero-order valence-electron chi connectivity index (χ0n) is 15.3. The van der Waals surface area contributed by atoms with Crippen LogP contribution in [0.2, 0.25) is 0 Å². The van der Waals surface area contributed by atoms with E-state index >= 15 is 0 Å². The van der Waals surface area contributed by atoms with Gasteiger partial charge in [0.2, 0.25) is 0 Å². The van der Waals surface area contributed by atoms with Crippen LogP contribution in [0.1, 0.15) is 61.4 Å². The number of rotatable bonds is 7. The number of thiophene rings is 1. The molecule has 0 aromatic carbocycles. The molecule has 0 bridgehead atoms. The Hall–Kier alpha value is -0.990. The molecule has 1 aliphatic heterocycles. The smallest absolute Gasteiger partial charge is 0.306 e. The Morgan fingerprint density at radius 3 is 2.92 bits per heavy atom. The molecule has 1 saturated heterocycles. The van der Waals surface area contributed by atoms with E-state index in [9.17, 15) is 9.59 Å². The predicted molar refractivity (Wildman–Crippen MR) is 111 cm³/mol. The number of fused-ring (bicyclic) bond motifs is 1. The first kappa shape index (κ1) is 19.8. The second-order valence-electron chi connectivity index (χ2n) is 6.62. The lowest BCUT2D eigenvalue weighted by atomic mass is 10.1. The van der Waals surface area contributed by atoms with Crippen molar-refractivity contribution in [3.8, 4) is 0 Å². The average Bonchev–Trinajstić information content (AvgIpc) is 3.20. The molecule has 0 spiro atoms.